The summed E-state index contributed by atoms with van der Waals surface area (Å²) in [6.45, 7) is 8.94. The third-order valence-corrected chi connectivity index (χ3v) is 4.35. The zero-order chi connectivity index (χ0) is 11.9. The van der Waals surface area contributed by atoms with Crippen LogP contribution < -0.4 is 10.5 Å². The van der Waals surface area contributed by atoms with Crippen molar-refractivity contribution in [3.8, 4) is 0 Å². The van der Waals surface area contributed by atoms with Crippen LogP contribution in [0.15, 0.2) is 0 Å². The number of nitrogens with zero attached hydrogens (tertiary/aromatic N) is 1. The van der Waals surface area contributed by atoms with Crippen LogP contribution in [-0.2, 0) is 10.0 Å². The lowest BCUT2D eigenvalue weighted by molar-refractivity contribution is 0.308. The van der Waals surface area contributed by atoms with Gasteiger partial charge in [-0.15, -0.1) is 0 Å². The molecule has 0 saturated heterocycles. The van der Waals surface area contributed by atoms with Crippen molar-refractivity contribution < 1.29 is 8.42 Å². The maximum atomic E-state index is 11.5. The van der Waals surface area contributed by atoms with E-state index >= 15 is 0 Å². The van der Waals surface area contributed by atoms with Gasteiger partial charge in [0, 0.05) is 19.6 Å². The predicted octanol–water partition coefficient (Wildman–Crippen LogP) is -0.405. The molecule has 0 aromatic carbocycles. The number of sulfonamides is 1. The van der Waals surface area contributed by atoms with E-state index in [0.717, 1.165) is 19.6 Å². The molecule has 0 radical (unpaired) electrons. The molecule has 0 amide bonds. The number of nitrogens with two attached hydrogens (primary N) is 1. The fraction of sp³-hybridized carbons (Fsp3) is 1.00. The van der Waals surface area contributed by atoms with E-state index < -0.39 is 15.3 Å². The van der Waals surface area contributed by atoms with Crippen LogP contribution in [0.2, 0.25) is 0 Å². The summed E-state index contributed by atoms with van der Waals surface area (Å²) >= 11 is 0. The SMILES string of the molecule is CCN(CC)CCNS(=O)(=O)C(C)CN. The smallest absolute Gasteiger partial charge is 0.215 e. The average molecular weight is 237 g/mol. The van der Waals surface area contributed by atoms with E-state index in [9.17, 15) is 8.42 Å². The van der Waals surface area contributed by atoms with E-state index in [-0.39, 0.29) is 6.54 Å². The van der Waals surface area contributed by atoms with Gasteiger partial charge in [0.1, 0.15) is 0 Å². The zero-order valence-electron chi connectivity index (χ0n) is 9.86. The molecule has 5 nitrogen and oxygen atoms in total. The average Bonchev–Trinajstić information content (AvgIpc) is 2.23. The highest BCUT2D eigenvalue weighted by Gasteiger charge is 2.18. The van der Waals surface area contributed by atoms with E-state index in [1.165, 1.54) is 0 Å². The Kier molecular flexibility index (Phi) is 7.08. The third-order valence-electron chi connectivity index (χ3n) is 2.49. The first-order valence-electron chi connectivity index (χ1n) is 5.38. The minimum absolute atomic E-state index is 0.153. The van der Waals surface area contributed by atoms with Gasteiger partial charge in [-0.3, -0.25) is 0 Å². The number of likely N-dealkylation sites (N-methyl/N-ethyl adjacent to an activating group) is 1. The Morgan fingerprint density at radius 1 is 1.33 bits per heavy atom. The Balaban J connectivity index is 3.95. The summed E-state index contributed by atoms with van der Waals surface area (Å²) in [5.41, 5.74) is 5.31. The molecule has 0 spiro atoms. The van der Waals surface area contributed by atoms with Crippen molar-refractivity contribution in [1.82, 2.24) is 9.62 Å². The number of hydrogen-bond donors (Lipinski definition) is 2. The molecule has 0 fully saturated rings. The molecular weight excluding hydrogens is 214 g/mol. The molecule has 6 heteroatoms. The lowest BCUT2D eigenvalue weighted by atomic mass is 10.5. The molecule has 0 bridgehead atoms. The van der Waals surface area contributed by atoms with Gasteiger partial charge in [0.25, 0.3) is 0 Å². The summed E-state index contributed by atoms with van der Waals surface area (Å²) in [5, 5.41) is -0.519. The van der Waals surface area contributed by atoms with Crippen molar-refractivity contribution in [3.63, 3.8) is 0 Å². The molecule has 0 aliphatic rings. The highest BCUT2D eigenvalue weighted by molar-refractivity contribution is 7.90. The summed E-state index contributed by atoms with van der Waals surface area (Å²) in [7, 11) is -3.22. The van der Waals surface area contributed by atoms with Gasteiger partial charge < -0.3 is 10.6 Å². The molecule has 15 heavy (non-hydrogen) atoms. The molecule has 0 rings (SSSR count). The summed E-state index contributed by atoms with van der Waals surface area (Å²) in [6.07, 6.45) is 0. The number of rotatable bonds is 8. The van der Waals surface area contributed by atoms with Gasteiger partial charge in [-0.05, 0) is 20.0 Å². The monoisotopic (exact) mass is 237 g/mol. The van der Waals surface area contributed by atoms with Crippen molar-refractivity contribution >= 4 is 10.0 Å². The normalized spacial score (nSPS) is 14.5. The van der Waals surface area contributed by atoms with Crippen LogP contribution in [0.5, 0.6) is 0 Å². The highest BCUT2D eigenvalue weighted by Crippen LogP contribution is 1.95. The van der Waals surface area contributed by atoms with Gasteiger partial charge in [0.05, 0.1) is 5.25 Å². The topological polar surface area (TPSA) is 75.4 Å². The van der Waals surface area contributed by atoms with Gasteiger partial charge >= 0.3 is 0 Å². The fourth-order valence-electron chi connectivity index (χ4n) is 1.15. The van der Waals surface area contributed by atoms with Crippen LogP contribution in [-0.4, -0.2) is 51.3 Å². The minimum atomic E-state index is -3.22. The number of nitrogens with one attached hydrogen (secondary N) is 1. The largest absolute Gasteiger partial charge is 0.329 e. The molecule has 0 aromatic rings. The quantitative estimate of drug-likeness (QED) is 0.602. The molecule has 0 heterocycles. The van der Waals surface area contributed by atoms with Crippen molar-refractivity contribution in [2.75, 3.05) is 32.7 Å². The van der Waals surface area contributed by atoms with Crippen LogP contribution in [0.4, 0.5) is 0 Å². The summed E-state index contributed by atoms with van der Waals surface area (Å²) in [5.74, 6) is 0. The summed E-state index contributed by atoms with van der Waals surface area (Å²) in [6, 6.07) is 0. The van der Waals surface area contributed by atoms with Crippen molar-refractivity contribution in [1.29, 1.82) is 0 Å². The Morgan fingerprint density at radius 2 is 1.87 bits per heavy atom. The van der Waals surface area contributed by atoms with E-state index in [2.05, 4.69) is 23.5 Å². The summed E-state index contributed by atoms with van der Waals surface area (Å²) < 4.78 is 25.6. The maximum Gasteiger partial charge on any atom is 0.215 e. The molecule has 3 N–H and O–H groups in total. The molecule has 0 aromatic heterocycles. The molecule has 1 atom stereocenters. The molecular formula is C9H23N3O2S. The third kappa shape index (κ3) is 5.46. The van der Waals surface area contributed by atoms with Crippen molar-refractivity contribution in [3.05, 3.63) is 0 Å². The van der Waals surface area contributed by atoms with Crippen LogP contribution in [0, 0.1) is 0 Å². The van der Waals surface area contributed by atoms with Gasteiger partial charge in [-0.1, -0.05) is 13.8 Å². The van der Waals surface area contributed by atoms with Gasteiger partial charge in [0.2, 0.25) is 10.0 Å². The van der Waals surface area contributed by atoms with E-state index in [0.29, 0.717) is 6.54 Å². The first kappa shape index (κ1) is 14.8. The van der Waals surface area contributed by atoms with Crippen molar-refractivity contribution in [2.24, 2.45) is 5.73 Å². The zero-order valence-corrected chi connectivity index (χ0v) is 10.7. The lowest BCUT2D eigenvalue weighted by Gasteiger charge is -2.19. The summed E-state index contributed by atoms with van der Waals surface area (Å²) in [4.78, 5) is 2.16. The van der Waals surface area contributed by atoms with Crippen LogP contribution >= 0.6 is 0 Å². The minimum Gasteiger partial charge on any atom is -0.329 e. The van der Waals surface area contributed by atoms with E-state index in [4.69, 9.17) is 5.73 Å². The Morgan fingerprint density at radius 3 is 2.27 bits per heavy atom. The number of hydrogen-bond acceptors (Lipinski definition) is 4. The second kappa shape index (κ2) is 7.16. The van der Waals surface area contributed by atoms with Crippen LogP contribution in [0.1, 0.15) is 20.8 Å². The fourth-order valence-corrected chi connectivity index (χ4v) is 2.07. The van der Waals surface area contributed by atoms with Crippen LogP contribution in [0.3, 0.4) is 0 Å². The first-order chi connectivity index (χ1) is 6.97. The van der Waals surface area contributed by atoms with Gasteiger partial charge in [-0.25, -0.2) is 13.1 Å². The van der Waals surface area contributed by atoms with E-state index in [1.54, 1.807) is 6.92 Å². The second-order valence-corrected chi connectivity index (χ2v) is 5.70. The van der Waals surface area contributed by atoms with Gasteiger partial charge in [-0.2, -0.15) is 0 Å². The standard InChI is InChI=1S/C9H23N3O2S/c1-4-12(5-2)7-6-11-15(13,14)9(3)8-10/h9,11H,4-8,10H2,1-3H3. The first-order valence-corrected chi connectivity index (χ1v) is 6.93. The Bertz CT molecular complexity index is 250. The van der Waals surface area contributed by atoms with Crippen molar-refractivity contribution in [2.45, 2.75) is 26.0 Å². The van der Waals surface area contributed by atoms with Gasteiger partial charge in [0.15, 0.2) is 0 Å². The highest BCUT2D eigenvalue weighted by atomic mass is 32.2. The molecule has 0 saturated carbocycles. The molecule has 0 aliphatic carbocycles. The maximum absolute atomic E-state index is 11.5. The molecule has 1 unspecified atom stereocenters. The Labute approximate surface area is 93.1 Å². The molecule has 0 aliphatic heterocycles. The lowest BCUT2D eigenvalue weighted by Crippen LogP contribution is -2.41. The second-order valence-electron chi connectivity index (χ2n) is 3.51. The predicted molar refractivity (Wildman–Crippen MR) is 63.2 cm³/mol. The molecule has 92 valence electrons. The van der Waals surface area contributed by atoms with E-state index in [1.807, 2.05) is 0 Å². The van der Waals surface area contributed by atoms with Crippen LogP contribution in [0.25, 0.3) is 0 Å². The Hall–Kier alpha value is -0.170.